The molecule has 2 aromatic carbocycles. The van der Waals surface area contributed by atoms with Crippen molar-refractivity contribution in [2.24, 2.45) is 5.92 Å². The molecular formula is C18H14N2O2. The number of amides is 3. The lowest BCUT2D eigenvalue weighted by molar-refractivity contribution is -0.119. The van der Waals surface area contributed by atoms with E-state index in [-0.39, 0.29) is 29.9 Å². The maximum absolute atomic E-state index is 12.9. The van der Waals surface area contributed by atoms with Crippen molar-refractivity contribution >= 4 is 28.4 Å². The Labute approximate surface area is 127 Å². The van der Waals surface area contributed by atoms with Crippen molar-refractivity contribution in [1.82, 2.24) is 4.90 Å². The molecule has 2 bridgehead atoms. The van der Waals surface area contributed by atoms with Crippen molar-refractivity contribution in [1.29, 1.82) is 0 Å². The van der Waals surface area contributed by atoms with Crippen molar-refractivity contribution < 1.29 is 9.59 Å². The fraction of sp³-hybridized carbons (Fsp3) is 0.222. The van der Waals surface area contributed by atoms with E-state index in [4.69, 9.17) is 0 Å². The molecule has 3 atom stereocenters. The van der Waals surface area contributed by atoms with Gasteiger partial charge in [0.1, 0.15) is 6.04 Å². The van der Waals surface area contributed by atoms with Crippen LogP contribution in [0.3, 0.4) is 0 Å². The largest absolute Gasteiger partial charge is 0.332 e. The van der Waals surface area contributed by atoms with E-state index in [0.29, 0.717) is 5.69 Å². The van der Waals surface area contributed by atoms with Crippen molar-refractivity contribution in [3.05, 3.63) is 54.6 Å². The van der Waals surface area contributed by atoms with E-state index in [1.165, 1.54) is 4.90 Å². The van der Waals surface area contributed by atoms with Crippen LogP contribution in [-0.4, -0.2) is 28.9 Å². The van der Waals surface area contributed by atoms with Gasteiger partial charge >= 0.3 is 6.03 Å². The van der Waals surface area contributed by atoms with Gasteiger partial charge in [-0.25, -0.2) is 9.69 Å². The Morgan fingerprint density at radius 1 is 0.955 bits per heavy atom. The first-order chi connectivity index (χ1) is 10.8. The molecule has 3 aliphatic rings. The Bertz CT molecular complexity index is 822. The molecule has 0 saturated carbocycles. The zero-order chi connectivity index (χ0) is 14.8. The molecule has 5 rings (SSSR count). The average Bonchev–Trinajstić information content (AvgIpc) is 3.21. The molecule has 1 aliphatic carbocycles. The second-order valence-electron chi connectivity index (χ2n) is 6.16. The first-order valence-corrected chi connectivity index (χ1v) is 7.58. The molecule has 108 valence electrons. The van der Waals surface area contributed by atoms with Gasteiger partial charge in [-0.05, 0) is 17.9 Å². The summed E-state index contributed by atoms with van der Waals surface area (Å²) in [4.78, 5) is 28.8. The van der Waals surface area contributed by atoms with Crippen LogP contribution in [0.2, 0.25) is 0 Å². The van der Waals surface area contributed by atoms with Crippen LogP contribution < -0.4 is 4.90 Å². The van der Waals surface area contributed by atoms with E-state index < -0.39 is 0 Å². The Hall–Kier alpha value is -2.62. The van der Waals surface area contributed by atoms with Gasteiger partial charge in [0.2, 0.25) is 0 Å². The molecule has 2 aliphatic heterocycles. The molecule has 3 amide bonds. The van der Waals surface area contributed by atoms with Crippen LogP contribution in [0, 0.1) is 5.92 Å². The Balaban J connectivity index is 1.67. The van der Waals surface area contributed by atoms with Gasteiger partial charge in [0.15, 0.2) is 0 Å². The molecule has 2 unspecified atom stereocenters. The topological polar surface area (TPSA) is 40.6 Å². The SMILES string of the molecule is O=C1[C@H]2C3C=CC(C3)N2C(=O)N1c1cccc2ccccc12. The predicted octanol–water partition coefficient (Wildman–Crippen LogP) is 2.94. The van der Waals surface area contributed by atoms with Gasteiger partial charge in [-0.1, -0.05) is 48.6 Å². The van der Waals surface area contributed by atoms with E-state index in [1.807, 2.05) is 42.5 Å². The van der Waals surface area contributed by atoms with Crippen molar-refractivity contribution in [3.63, 3.8) is 0 Å². The van der Waals surface area contributed by atoms with E-state index >= 15 is 0 Å². The Morgan fingerprint density at radius 3 is 2.64 bits per heavy atom. The second kappa shape index (κ2) is 3.97. The van der Waals surface area contributed by atoms with Crippen LogP contribution in [0.15, 0.2) is 54.6 Å². The standard InChI is InChI=1S/C18H14N2O2/c21-17-16-12-8-9-13(10-12)19(16)18(22)20(17)15-7-3-5-11-4-1-2-6-14(11)15/h1-9,12-13,16H,10H2/t12?,13?,16-/m1/s1. The summed E-state index contributed by atoms with van der Waals surface area (Å²) in [5, 5.41) is 1.97. The van der Waals surface area contributed by atoms with Crippen LogP contribution in [-0.2, 0) is 4.79 Å². The van der Waals surface area contributed by atoms with Crippen LogP contribution in [0.4, 0.5) is 10.5 Å². The summed E-state index contributed by atoms with van der Waals surface area (Å²) in [6.45, 7) is 0. The number of carbonyl (C=O) groups is 2. The third-order valence-electron chi connectivity index (χ3n) is 5.05. The van der Waals surface area contributed by atoms with Gasteiger partial charge in [0.25, 0.3) is 5.91 Å². The molecule has 4 heteroatoms. The first kappa shape index (κ1) is 12.0. The third kappa shape index (κ3) is 1.32. The van der Waals surface area contributed by atoms with Gasteiger partial charge in [0, 0.05) is 11.3 Å². The van der Waals surface area contributed by atoms with E-state index in [2.05, 4.69) is 12.2 Å². The molecule has 0 spiro atoms. The molecule has 0 N–H and O–H groups in total. The monoisotopic (exact) mass is 290 g/mol. The smallest absolute Gasteiger partial charge is 0.305 e. The molecule has 2 saturated heterocycles. The normalized spacial score (nSPS) is 29.0. The number of nitrogens with zero attached hydrogens (tertiary/aromatic N) is 2. The quantitative estimate of drug-likeness (QED) is 0.598. The number of hydrogen-bond donors (Lipinski definition) is 0. The van der Waals surface area contributed by atoms with Crippen LogP contribution in [0.25, 0.3) is 10.8 Å². The molecule has 22 heavy (non-hydrogen) atoms. The number of fused-ring (bicyclic) bond motifs is 6. The maximum atomic E-state index is 12.9. The van der Waals surface area contributed by atoms with E-state index in [9.17, 15) is 9.59 Å². The lowest BCUT2D eigenvalue weighted by atomic mass is 10.0. The summed E-state index contributed by atoms with van der Waals surface area (Å²) in [6.07, 6.45) is 5.04. The number of hydrogen-bond acceptors (Lipinski definition) is 2. The van der Waals surface area contributed by atoms with Gasteiger partial charge in [-0.15, -0.1) is 0 Å². The number of anilines is 1. The fourth-order valence-corrected chi connectivity index (χ4v) is 4.09. The van der Waals surface area contributed by atoms with Gasteiger partial charge < -0.3 is 4.90 Å². The summed E-state index contributed by atoms with van der Waals surface area (Å²) in [7, 11) is 0. The van der Waals surface area contributed by atoms with E-state index in [1.54, 1.807) is 4.90 Å². The third-order valence-corrected chi connectivity index (χ3v) is 5.05. The average molecular weight is 290 g/mol. The zero-order valence-corrected chi connectivity index (χ0v) is 11.8. The minimum Gasteiger partial charge on any atom is -0.305 e. The van der Waals surface area contributed by atoms with E-state index in [0.717, 1.165) is 17.2 Å². The van der Waals surface area contributed by atoms with Crippen molar-refractivity contribution in [2.45, 2.75) is 18.5 Å². The molecular weight excluding hydrogens is 276 g/mol. The highest BCUT2D eigenvalue weighted by atomic mass is 16.2. The Kier molecular flexibility index (Phi) is 2.16. The molecule has 2 aromatic rings. The van der Waals surface area contributed by atoms with Crippen molar-refractivity contribution in [3.8, 4) is 0 Å². The first-order valence-electron chi connectivity index (χ1n) is 7.58. The van der Waals surface area contributed by atoms with Gasteiger partial charge in [-0.2, -0.15) is 0 Å². The molecule has 2 heterocycles. The molecule has 0 aromatic heterocycles. The highest BCUT2D eigenvalue weighted by molar-refractivity contribution is 6.25. The second-order valence-corrected chi connectivity index (χ2v) is 6.16. The summed E-state index contributed by atoms with van der Waals surface area (Å²) in [5.74, 6) is 0.0969. The number of carbonyl (C=O) groups excluding carboxylic acids is 2. The van der Waals surface area contributed by atoms with Crippen LogP contribution >= 0.6 is 0 Å². The minimum atomic E-state index is -0.304. The van der Waals surface area contributed by atoms with Gasteiger partial charge in [-0.3, -0.25) is 4.79 Å². The minimum absolute atomic E-state index is 0.0850. The van der Waals surface area contributed by atoms with Crippen molar-refractivity contribution in [2.75, 3.05) is 4.90 Å². The highest BCUT2D eigenvalue weighted by Gasteiger charge is 2.57. The summed E-state index contributed by atoms with van der Waals surface area (Å²) in [6, 6.07) is 13.2. The summed E-state index contributed by atoms with van der Waals surface area (Å²) >= 11 is 0. The van der Waals surface area contributed by atoms with Gasteiger partial charge in [0.05, 0.1) is 11.7 Å². The highest BCUT2D eigenvalue weighted by Crippen LogP contribution is 2.44. The molecule has 2 fully saturated rings. The molecule has 4 nitrogen and oxygen atoms in total. The summed E-state index contributed by atoms with van der Waals surface area (Å²) in [5.41, 5.74) is 0.696. The van der Waals surface area contributed by atoms with Crippen LogP contribution in [0.5, 0.6) is 0 Å². The lowest BCUT2D eigenvalue weighted by Gasteiger charge is -2.22. The predicted molar refractivity (Wildman–Crippen MR) is 83.5 cm³/mol. The number of urea groups is 1. The Morgan fingerprint density at radius 2 is 1.77 bits per heavy atom. The maximum Gasteiger partial charge on any atom is 0.332 e. The molecule has 0 radical (unpaired) electrons. The summed E-state index contributed by atoms with van der Waals surface area (Å²) < 4.78 is 0. The lowest BCUT2D eigenvalue weighted by Crippen LogP contribution is -2.38. The number of benzene rings is 2. The fourth-order valence-electron chi connectivity index (χ4n) is 4.09. The zero-order valence-electron chi connectivity index (χ0n) is 11.8. The van der Waals surface area contributed by atoms with Crippen LogP contribution in [0.1, 0.15) is 6.42 Å². The number of rotatable bonds is 1. The number of imide groups is 1.